The van der Waals surface area contributed by atoms with Gasteiger partial charge in [0.2, 0.25) is 5.91 Å². The van der Waals surface area contributed by atoms with Crippen LogP contribution in [0.4, 0.5) is 5.69 Å². The Bertz CT molecular complexity index is 497. The Morgan fingerprint density at radius 3 is 2.29 bits per heavy atom. The topological polar surface area (TPSA) is 41.6 Å². The predicted molar refractivity (Wildman–Crippen MR) is 99.5 cm³/mol. The van der Waals surface area contributed by atoms with E-state index < -0.39 is 0 Å². The van der Waals surface area contributed by atoms with Crippen molar-refractivity contribution in [3.63, 3.8) is 0 Å². The number of ether oxygens (including phenoxy) is 1. The summed E-state index contributed by atoms with van der Waals surface area (Å²) < 4.78 is 5.82. The zero-order valence-electron chi connectivity index (χ0n) is 15.4. The molecule has 1 saturated heterocycles. The van der Waals surface area contributed by atoms with Gasteiger partial charge >= 0.3 is 0 Å². The van der Waals surface area contributed by atoms with Gasteiger partial charge in [-0.2, -0.15) is 0 Å². The van der Waals surface area contributed by atoms with Crippen LogP contribution in [0.2, 0.25) is 0 Å². The Morgan fingerprint density at radius 2 is 1.71 bits per heavy atom. The molecule has 1 N–H and O–H groups in total. The number of benzene rings is 1. The number of rotatable bonds is 6. The van der Waals surface area contributed by atoms with Crippen LogP contribution in [0.25, 0.3) is 0 Å². The van der Waals surface area contributed by atoms with Crippen LogP contribution in [-0.2, 0) is 4.79 Å². The standard InChI is InChI=1S/C20H32N2O2/c1-20(2,3)19(23)21-17-9-11-18(12-10-17)24-16-8-15-22-13-6-4-5-7-14-22/h9-12H,4-8,13-16H2,1-3H3,(H,21,23). The highest BCUT2D eigenvalue weighted by Gasteiger charge is 2.21. The van der Waals surface area contributed by atoms with E-state index in [1.165, 1.54) is 38.8 Å². The molecule has 1 aliphatic heterocycles. The minimum absolute atomic E-state index is 0.0219. The van der Waals surface area contributed by atoms with Gasteiger partial charge in [-0.15, -0.1) is 0 Å². The summed E-state index contributed by atoms with van der Waals surface area (Å²) in [5, 5.41) is 2.92. The number of anilines is 1. The maximum atomic E-state index is 12.0. The van der Waals surface area contributed by atoms with Crippen LogP contribution in [0.15, 0.2) is 24.3 Å². The van der Waals surface area contributed by atoms with Crippen LogP contribution >= 0.6 is 0 Å². The van der Waals surface area contributed by atoms with Gasteiger partial charge in [-0.3, -0.25) is 4.79 Å². The smallest absolute Gasteiger partial charge is 0.229 e. The molecule has 0 bridgehead atoms. The summed E-state index contributed by atoms with van der Waals surface area (Å²) in [6, 6.07) is 7.63. The number of hydrogen-bond donors (Lipinski definition) is 1. The molecule has 0 saturated carbocycles. The van der Waals surface area contributed by atoms with Crippen molar-refractivity contribution in [2.45, 2.75) is 52.9 Å². The van der Waals surface area contributed by atoms with E-state index in [4.69, 9.17) is 4.74 Å². The van der Waals surface area contributed by atoms with Crippen LogP contribution in [0.1, 0.15) is 52.9 Å². The van der Waals surface area contributed by atoms with Gasteiger partial charge in [0.05, 0.1) is 6.61 Å². The molecule has 0 aliphatic carbocycles. The lowest BCUT2D eigenvalue weighted by Crippen LogP contribution is -2.27. The van der Waals surface area contributed by atoms with E-state index in [0.29, 0.717) is 0 Å². The SMILES string of the molecule is CC(C)(C)C(=O)Nc1ccc(OCCCN2CCCCCC2)cc1. The summed E-state index contributed by atoms with van der Waals surface area (Å²) in [6.45, 7) is 10.1. The third-order valence-corrected chi connectivity index (χ3v) is 4.38. The van der Waals surface area contributed by atoms with Crippen LogP contribution in [0, 0.1) is 5.41 Å². The van der Waals surface area contributed by atoms with Crippen molar-refractivity contribution in [3.05, 3.63) is 24.3 Å². The van der Waals surface area contributed by atoms with Crippen LogP contribution in [-0.4, -0.2) is 37.0 Å². The van der Waals surface area contributed by atoms with Crippen molar-refractivity contribution in [1.82, 2.24) is 4.90 Å². The quantitative estimate of drug-likeness (QED) is 0.789. The first kappa shape index (κ1) is 18.8. The number of likely N-dealkylation sites (tertiary alicyclic amines) is 1. The number of hydrogen-bond acceptors (Lipinski definition) is 3. The van der Waals surface area contributed by atoms with Gasteiger partial charge in [0.1, 0.15) is 5.75 Å². The minimum Gasteiger partial charge on any atom is -0.494 e. The number of amides is 1. The molecule has 1 heterocycles. The minimum atomic E-state index is -0.386. The number of nitrogens with zero attached hydrogens (tertiary/aromatic N) is 1. The lowest BCUT2D eigenvalue weighted by atomic mass is 9.95. The molecule has 2 rings (SSSR count). The largest absolute Gasteiger partial charge is 0.494 e. The highest BCUT2D eigenvalue weighted by Crippen LogP contribution is 2.20. The Hall–Kier alpha value is -1.55. The second-order valence-electron chi connectivity index (χ2n) is 7.69. The summed E-state index contributed by atoms with van der Waals surface area (Å²) >= 11 is 0. The summed E-state index contributed by atoms with van der Waals surface area (Å²) in [5.41, 5.74) is 0.425. The van der Waals surface area contributed by atoms with Crippen molar-refractivity contribution in [1.29, 1.82) is 0 Å². The molecule has 4 nitrogen and oxygen atoms in total. The Balaban J connectivity index is 1.69. The highest BCUT2D eigenvalue weighted by atomic mass is 16.5. The zero-order valence-corrected chi connectivity index (χ0v) is 15.4. The van der Waals surface area contributed by atoms with Crippen molar-refractivity contribution in [2.75, 3.05) is 31.6 Å². The molecule has 134 valence electrons. The first-order chi connectivity index (χ1) is 11.4. The lowest BCUT2D eigenvalue weighted by molar-refractivity contribution is -0.123. The molecule has 0 spiro atoms. The number of carbonyl (C=O) groups is 1. The van der Waals surface area contributed by atoms with Crippen LogP contribution in [0.5, 0.6) is 5.75 Å². The second-order valence-corrected chi connectivity index (χ2v) is 7.69. The monoisotopic (exact) mass is 332 g/mol. The second kappa shape index (κ2) is 9.07. The summed E-state index contributed by atoms with van der Waals surface area (Å²) in [6.07, 6.45) is 6.49. The molecule has 1 aliphatic rings. The molecule has 24 heavy (non-hydrogen) atoms. The summed E-state index contributed by atoms with van der Waals surface area (Å²) in [7, 11) is 0. The predicted octanol–water partition coefficient (Wildman–Crippen LogP) is 4.32. The summed E-state index contributed by atoms with van der Waals surface area (Å²) in [5.74, 6) is 0.883. The van der Waals surface area contributed by atoms with Gasteiger partial charge in [0, 0.05) is 17.6 Å². The highest BCUT2D eigenvalue weighted by molar-refractivity contribution is 5.94. The molecule has 1 fully saturated rings. The van der Waals surface area contributed by atoms with Gasteiger partial charge in [-0.25, -0.2) is 0 Å². The van der Waals surface area contributed by atoms with E-state index in [1.54, 1.807) is 0 Å². The normalized spacial score (nSPS) is 16.5. The first-order valence-corrected chi connectivity index (χ1v) is 9.22. The van der Waals surface area contributed by atoms with Crippen molar-refractivity contribution < 1.29 is 9.53 Å². The molecule has 0 unspecified atom stereocenters. The van der Waals surface area contributed by atoms with Crippen molar-refractivity contribution in [3.8, 4) is 5.75 Å². The molecular weight excluding hydrogens is 300 g/mol. The zero-order chi connectivity index (χ0) is 17.4. The molecular formula is C20H32N2O2. The molecule has 0 atom stereocenters. The number of carbonyl (C=O) groups excluding carboxylic acids is 1. The fourth-order valence-corrected chi connectivity index (χ4v) is 2.79. The fourth-order valence-electron chi connectivity index (χ4n) is 2.79. The fraction of sp³-hybridized carbons (Fsp3) is 0.650. The maximum absolute atomic E-state index is 12.0. The van der Waals surface area contributed by atoms with Gasteiger partial charge in [-0.05, 0) is 56.6 Å². The average Bonchev–Trinajstić information content (AvgIpc) is 2.81. The van der Waals surface area contributed by atoms with Gasteiger partial charge in [0.15, 0.2) is 0 Å². The molecule has 1 amide bonds. The van der Waals surface area contributed by atoms with E-state index in [0.717, 1.165) is 31.0 Å². The van der Waals surface area contributed by atoms with Crippen molar-refractivity contribution >= 4 is 11.6 Å². The lowest BCUT2D eigenvalue weighted by Gasteiger charge is -2.19. The van der Waals surface area contributed by atoms with Gasteiger partial charge in [-0.1, -0.05) is 33.6 Å². The molecule has 1 aromatic carbocycles. The van der Waals surface area contributed by atoms with Gasteiger partial charge in [0.25, 0.3) is 0 Å². The maximum Gasteiger partial charge on any atom is 0.229 e. The van der Waals surface area contributed by atoms with Crippen LogP contribution in [0.3, 0.4) is 0 Å². The Kier molecular flexibility index (Phi) is 7.10. The molecule has 1 aromatic rings. The van der Waals surface area contributed by atoms with E-state index in [9.17, 15) is 4.79 Å². The Labute approximate surface area is 146 Å². The van der Waals surface area contributed by atoms with Crippen molar-refractivity contribution in [2.24, 2.45) is 5.41 Å². The van der Waals surface area contributed by atoms with Gasteiger partial charge < -0.3 is 15.0 Å². The summed E-state index contributed by atoms with van der Waals surface area (Å²) in [4.78, 5) is 14.5. The van der Waals surface area contributed by atoms with Crippen LogP contribution < -0.4 is 10.1 Å². The van der Waals surface area contributed by atoms with E-state index in [1.807, 2.05) is 45.0 Å². The third-order valence-electron chi connectivity index (χ3n) is 4.38. The molecule has 4 heteroatoms. The molecule has 0 aromatic heterocycles. The van der Waals surface area contributed by atoms with E-state index in [-0.39, 0.29) is 11.3 Å². The Morgan fingerprint density at radius 1 is 1.08 bits per heavy atom. The third kappa shape index (κ3) is 6.52. The average molecular weight is 332 g/mol. The molecule has 0 radical (unpaired) electrons. The van der Waals surface area contributed by atoms with E-state index >= 15 is 0 Å². The van der Waals surface area contributed by atoms with E-state index in [2.05, 4.69) is 10.2 Å². The number of nitrogens with one attached hydrogen (secondary N) is 1. The first-order valence-electron chi connectivity index (χ1n) is 9.22.